The van der Waals surface area contributed by atoms with E-state index in [4.69, 9.17) is 9.15 Å². The van der Waals surface area contributed by atoms with Gasteiger partial charge in [0.2, 0.25) is 5.76 Å². The van der Waals surface area contributed by atoms with Crippen LogP contribution in [0.15, 0.2) is 28.7 Å². The first kappa shape index (κ1) is 8.81. The van der Waals surface area contributed by atoms with E-state index in [1.54, 1.807) is 0 Å². The third kappa shape index (κ3) is 1.27. The SMILES string of the molecule is CCOc1c(C=O)oc2ccccc12. The molecule has 0 aliphatic carbocycles. The Hall–Kier alpha value is -1.77. The molecule has 1 aromatic carbocycles. The molecule has 0 amide bonds. The second-order valence-corrected chi connectivity index (χ2v) is 2.84. The largest absolute Gasteiger partial charge is 0.489 e. The Balaban J connectivity index is 2.67. The summed E-state index contributed by atoms with van der Waals surface area (Å²) < 4.78 is 10.7. The Labute approximate surface area is 81.3 Å². The van der Waals surface area contributed by atoms with E-state index in [0.717, 1.165) is 5.39 Å². The lowest BCUT2D eigenvalue weighted by Crippen LogP contribution is -1.92. The van der Waals surface area contributed by atoms with Crippen molar-refractivity contribution in [2.75, 3.05) is 6.61 Å². The van der Waals surface area contributed by atoms with Gasteiger partial charge < -0.3 is 9.15 Å². The van der Waals surface area contributed by atoms with Crippen molar-refractivity contribution >= 4 is 17.3 Å². The highest BCUT2D eigenvalue weighted by Crippen LogP contribution is 2.31. The van der Waals surface area contributed by atoms with Crippen LogP contribution in [0.25, 0.3) is 11.0 Å². The molecule has 0 atom stereocenters. The molecule has 0 saturated heterocycles. The Morgan fingerprint density at radius 2 is 2.21 bits per heavy atom. The van der Waals surface area contributed by atoms with Gasteiger partial charge in [-0.15, -0.1) is 0 Å². The molecule has 72 valence electrons. The number of rotatable bonds is 3. The fourth-order valence-electron chi connectivity index (χ4n) is 1.41. The molecule has 0 spiro atoms. The molecule has 2 rings (SSSR count). The van der Waals surface area contributed by atoms with Gasteiger partial charge in [-0.25, -0.2) is 0 Å². The van der Waals surface area contributed by atoms with E-state index in [1.165, 1.54) is 0 Å². The van der Waals surface area contributed by atoms with E-state index in [0.29, 0.717) is 24.2 Å². The van der Waals surface area contributed by atoms with Crippen molar-refractivity contribution in [2.24, 2.45) is 0 Å². The number of hydrogen-bond acceptors (Lipinski definition) is 3. The topological polar surface area (TPSA) is 39.4 Å². The molecule has 0 unspecified atom stereocenters. The number of furan rings is 1. The lowest BCUT2D eigenvalue weighted by atomic mass is 10.2. The minimum Gasteiger partial charge on any atom is -0.489 e. The highest BCUT2D eigenvalue weighted by atomic mass is 16.5. The van der Waals surface area contributed by atoms with Crippen LogP contribution in [0.2, 0.25) is 0 Å². The fraction of sp³-hybridized carbons (Fsp3) is 0.182. The summed E-state index contributed by atoms with van der Waals surface area (Å²) >= 11 is 0. The minimum absolute atomic E-state index is 0.257. The molecule has 3 nitrogen and oxygen atoms in total. The summed E-state index contributed by atoms with van der Waals surface area (Å²) in [5, 5.41) is 0.844. The van der Waals surface area contributed by atoms with Gasteiger partial charge in [0.25, 0.3) is 0 Å². The monoisotopic (exact) mass is 190 g/mol. The minimum atomic E-state index is 0.257. The van der Waals surface area contributed by atoms with Crippen LogP contribution in [0.3, 0.4) is 0 Å². The Morgan fingerprint density at radius 3 is 2.93 bits per heavy atom. The first-order valence-corrected chi connectivity index (χ1v) is 4.46. The molecule has 2 aromatic rings. The molecule has 1 heterocycles. The number of ether oxygens (including phenoxy) is 1. The Kier molecular flexibility index (Phi) is 2.23. The predicted octanol–water partition coefficient (Wildman–Crippen LogP) is 2.64. The van der Waals surface area contributed by atoms with E-state index >= 15 is 0 Å². The number of para-hydroxylation sites is 1. The molecular formula is C11H10O3. The fourth-order valence-corrected chi connectivity index (χ4v) is 1.41. The molecule has 0 aliphatic rings. The van der Waals surface area contributed by atoms with Gasteiger partial charge in [0.1, 0.15) is 5.58 Å². The van der Waals surface area contributed by atoms with Crippen LogP contribution in [0.5, 0.6) is 5.75 Å². The van der Waals surface area contributed by atoms with E-state index in [9.17, 15) is 4.79 Å². The van der Waals surface area contributed by atoms with Crippen LogP contribution in [0, 0.1) is 0 Å². The van der Waals surface area contributed by atoms with Gasteiger partial charge in [-0.1, -0.05) is 12.1 Å². The van der Waals surface area contributed by atoms with Gasteiger partial charge in [-0.2, -0.15) is 0 Å². The average molecular weight is 190 g/mol. The van der Waals surface area contributed by atoms with Crippen LogP contribution < -0.4 is 4.74 Å². The zero-order valence-electron chi connectivity index (χ0n) is 7.82. The van der Waals surface area contributed by atoms with E-state index in [2.05, 4.69) is 0 Å². The van der Waals surface area contributed by atoms with E-state index in [1.807, 2.05) is 31.2 Å². The van der Waals surface area contributed by atoms with E-state index < -0.39 is 0 Å². The summed E-state index contributed by atoms with van der Waals surface area (Å²) in [5.74, 6) is 0.797. The second kappa shape index (κ2) is 3.54. The van der Waals surface area contributed by atoms with Crippen molar-refractivity contribution in [1.82, 2.24) is 0 Å². The molecule has 0 radical (unpaired) electrons. The third-order valence-corrected chi connectivity index (χ3v) is 1.97. The van der Waals surface area contributed by atoms with Gasteiger partial charge >= 0.3 is 0 Å². The third-order valence-electron chi connectivity index (χ3n) is 1.97. The van der Waals surface area contributed by atoms with Crippen molar-refractivity contribution in [3.05, 3.63) is 30.0 Å². The van der Waals surface area contributed by atoms with Gasteiger partial charge in [0.05, 0.1) is 12.0 Å². The smallest absolute Gasteiger partial charge is 0.209 e. The maximum atomic E-state index is 10.7. The molecular weight excluding hydrogens is 180 g/mol. The maximum Gasteiger partial charge on any atom is 0.209 e. The van der Waals surface area contributed by atoms with Crippen LogP contribution in [0.4, 0.5) is 0 Å². The molecule has 0 bridgehead atoms. The lowest BCUT2D eigenvalue weighted by Gasteiger charge is -1.99. The zero-order chi connectivity index (χ0) is 9.97. The van der Waals surface area contributed by atoms with Crippen molar-refractivity contribution < 1.29 is 13.9 Å². The molecule has 0 N–H and O–H groups in total. The summed E-state index contributed by atoms with van der Waals surface area (Å²) in [7, 11) is 0. The molecule has 0 saturated carbocycles. The Morgan fingerprint density at radius 1 is 1.43 bits per heavy atom. The first-order chi connectivity index (χ1) is 6.86. The van der Waals surface area contributed by atoms with Crippen LogP contribution in [0.1, 0.15) is 17.5 Å². The quantitative estimate of drug-likeness (QED) is 0.698. The summed E-state index contributed by atoms with van der Waals surface area (Å²) in [6.45, 7) is 2.39. The summed E-state index contributed by atoms with van der Waals surface area (Å²) in [5.41, 5.74) is 0.679. The molecule has 0 aliphatic heterocycles. The molecule has 3 heteroatoms. The Bertz CT molecular complexity index is 457. The van der Waals surface area contributed by atoms with Crippen molar-refractivity contribution in [2.45, 2.75) is 6.92 Å². The lowest BCUT2D eigenvalue weighted by molar-refractivity contribution is 0.109. The second-order valence-electron chi connectivity index (χ2n) is 2.84. The number of fused-ring (bicyclic) bond motifs is 1. The highest BCUT2D eigenvalue weighted by molar-refractivity contribution is 5.92. The van der Waals surface area contributed by atoms with Crippen molar-refractivity contribution in [3.63, 3.8) is 0 Å². The van der Waals surface area contributed by atoms with Crippen LogP contribution in [-0.2, 0) is 0 Å². The number of hydrogen-bond donors (Lipinski definition) is 0. The number of carbonyl (C=O) groups is 1. The van der Waals surface area contributed by atoms with Crippen molar-refractivity contribution in [3.8, 4) is 5.75 Å². The number of aldehydes is 1. The van der Waals surface area contributed by atoms with Gasteiger partial charge in [0.15, 0.2) is 12.0 Å². The predicted molar refractivity (Wildman–Crippen MR) is 52.8 cm³/mol. The number of carbonyl (C=O) groups excluding carboxylic acids is 1. The van der Waals surface area contributed by atoms with E-state index in [-0.39, 0.29) is 5.76 Å². The summed E-state index contributed by atoms with van der Waals surface area (Å²) in [6, 6.07) is 7.42. The van der Waals surface area contributed by atoms with Crippen molar-refractivity contribution in [1.29, 1.82) is 0 Å². The van der Waals surface area contributed by atoms with Gasteiger partial charge in [-0.3, -0.25) is 4.79 Å². The zero-order valence-corrected chi connectivity index (χ0v) is 7.82. The highest BCUT2D eigenvalue weighted by Gasteiger charge is 2.13. The maximum absolute atomic E-state index is 10.7. The summed E-state index contributed by atoms with van der Waals surface area (Å²) in [6.07, 6.45) is 0.672. The average Bonchev–Trinajstić information content (AvgIpc) is 2.58. The normalized spacial score (nSPS) is 10.4. The summed E-state index contributed by atoms with van der Waals surface area (Å²) in [4.78, 5) is 10.7. The van der Waals surface area contributed by atoms with Crippen LogP contribution in [-0.4, -0.2) is 12.9 Å². The number of benzene rings is 1. The molecule has 14 heavy (non-hydrogen) atoms. The molecule has 0 fully saturated rings. The standard InChI is InChI=1S/C11H10O3/c1-2-13-11-8-5-3-4-6-9(8)14-10(11)7-12/h3-7H,2H2,1H3. The molecule has 1 aromatic heterocycles. The van der Waals surface area contributed by atoms with Gasteiger partial charge in [0, 0.05) is 0 Å². The van der Waals surface area contributed by atoms with Gasteiger partial charge in [-0.05, 0) is 19.1 Å². The van der Waals surface area contributed by atoms with Crippen LogP contribution >= 0.6 is 0 Å². The first-order valence-electron chi connectivity index (χ1n) is 4.46.